The van der Waals surface area contributed by atoms with Crippen LogP contribution in [0.15, 0.2) is 48.5 Å². The monoisotopic (exact) mass is 268 g/mol. The third kappa shape index (κ3) is 4.10. The van der Waals surface area contributed by atoms with E-state index in [1.807, 2.05) is 0 Å². The molecule has 0 aliphatic rings. The van der Waals surface area contributed by atoms with Crippen LogP contribution in [0.3, 0.4) is 0 Å². The zero-order chi connectivity index (χ0) is 14.5. The number of nitrogens with zero attached hydrogens (tertiary/aromatic N) is 1. The summed E-state index contributed by atoms with van der Waals surface area (Å²) in [5.41, 5.74) is 11.4. The van der Waals surface area contributed by atoms with Gasteiger partial charge < -0.3 is 10.6 Å². The molecule has 0 amide bonds. The number of aryl methyl sites for hydroxylation is 1. The van der Waals surface area contributed by atoms with Crippen LogP contribution in [0.5, 0.6) is 0 Å². The Morgan fingerprint density at radius 2 is 1.60 bits per heavy atom. The van der Waals surface area contributed by atoms with Crippen molar-refractivity contribution in [3.8, 4) is 0 Å². The van der Waals surface area contributed by atoms with E-state index in [1.54, 1.807) is 0 Å². The lowest BCUT2D eigenvalue weighted by atomic mass is 9.98. The number of hydrogen-bond donors (Lipinski definition) is 1. The van der Waals surface area contributed by atoms with Crippen LogP contribution in [-0.4, -0.2) is 20.1 Å². The largest absolute Gasteiger partial charge is 0.378 e. The second-order valence-corrected chi connectivity index (χ2v) is 5.72. The molecule has 0 saturated heterocycles. The summed E-state index contributed by atoms with van der Waals surface area (Å²) in [6, 6.07) is 17.4. The summed E-state index contributed by atoms with van der Waals surface area (Å²) in [6.07, 6.45) is 1.85. The van der Waals surface area contributed by atoms with Gasteiger partial charge in [-0.25, -0.2) is 0 Å². The van der Waals surface area contributed by atoms with Crippen molar-refractivity contribution in [3.63, 3.8) is 0 Å². The van der Waals surface area contributed by atoms with Gasteiger partial charge in [0.2, 0.25) is 0 Å². The molecule has 0 fully saturated rings. The highest BCUT2D eigenvalue weighted by Gasteiger charge is 2.06. The van der Waals surface area contributed by atoms with E-state index in [0.717, 1.165) is 12.8 Å². The minimum atomic E-state index is 0.169. The second-order valence-electron chi connectivity index (χ2n) is 5.72. The van der Waals surface area contributed by atoms with E-state index in [9.17, 15) is 0 Å². The molecule has 2 aromatic rings. The summed E-state index contributed by atoms with van der Waals surface area (Å²) < 4.78 is 0. The summed E-state index contributed by atoms with van der Waals surface area (Å²) in [6.45, 7) is 2.12. The average molecular weight is 268 g/mol. The van der Waals surface area contributed by atoms with Crippen LogP contribution in [0.4, 0.5) is 5.69 Å². The van der Waals surface area contributed by atoms with Gasteiger partial charge in [-0.3, -0.25) is 0 Å². The predicted octanol–water partition coefficient (Wildman–Crippen LogP) is 3.17. The molecule has 2 rings (SSSR count). The van der Waals surface area contributed by atoms with E-state index in [1.165, 1.54) is 22.4 Å². The molecule has 20 heavy (non-hydrogen) atoms. The molecule has 1 atom stereocenters. The van der Waals surface area contributed by atoms with Crippen LogP contribution in [0.1, 0.15) is 16.7 Å². The highest BCUT2D eigenvalue weighted by atomic mass is 15.1. The molecule has 2 aromatic carbocycles. The predicted molar refractivity (Wildman–Crippen MR) is 87.3 cm³/mol. The van der Waals surface area contributed by atoms with E-state index in [2.05, 4.69) is 74.4 Å². The normalized spacial score (nSPS) is 12.2. The van der Waals surface area contributed by atoms with Gasteiger partial charge in [-0.15, -0.1) is 0 Å². The molecule has 0 radical (unpaired) electrons. The van der Waals surface area contributed by atoms with Crippen molar-refractivity contribution in [2.45, 2.75) is 25.8 Å². The SMILES string of the molecule is Cc1cccc(CC(N)Cc2ccc(N(C)C)cc2)c1. The van der Waals surface area contributed by atoms with Gasteiger partial charge in [0, 0.05) is 25.8 Å². The van der Waals surface area contributed by atoms with Crippen molar-refractivity contribution < 1.29 is 0 Å². The molecule has 2 heteroatoms. The van der Waals surface area contributed by atoms with Gasteiger partial charge in [0.25, 0.3) is 0 Å². The molecule has 2 N–H and O–H groups in total. The van der Waals surface area contributed by atoms with E-state index in [4.69, 9.17) is 5.73 Å². The molecule has 0 saturated carbocycles. The second kappa shape index (κ2) is 6.58. The van der Waals surface area contributed by atoms with Crippen molar-refractivity contribution in [1.29, 1.82) is 0 Å². The van der Waals surface area contributed by atoms with Gasteiger partial charge in [-0.2, -0.15) is 0 Å². The van der Waals surface area contributed by atoms with E-state index in [0.29, 0.717) is 0 Å². The molecule has 0 spiro atoms. The number of benzene rings is 2. The lowest BCUT2D eigenvalue weighted by Crippen LogP contribution is -2.25. The summed E-state index contributed by atoms with van der Waals surface area (Å²) in [7, 11) is 4.11. The van der Waals surface area contributed by atoms with Crippen molar-refractivity contribution in [2.24, 2.45) is 5.73 Å². The van der Waals surface area contributed by atoms with Crippen LogP contribution >= 0.6 is 0 Å². The molecule has 2 nitrogen and oxygen atoms in total. The van der Waals surface area contributed by atoms with Crippen molar-refractivity contribution in [3.05, 3.63) is 65.2 Å². The lowest BCUT2D eigenvalue weighted by Gasteiger charge is -2.15. The van der Waals surface area contributed by atoms with E-state index >= 15 is 0 Å². The van der Waals surface area contributed by atoms with Gasteiger partial charge in [0.15, 0.2) is 0 Å². The molecule has 0 aliphatic carbocycles. The molecule has 0 heterocycles. The zero-order valence-corrected chi connectivity index (χ0v) is 12.6. The minimum Gasteiger partial charge on any atom is -0.378 e. The first kappa shape index (κ1) is 14.6. The van der Waals surface area contributed by atoms with Crippen LogP contribution in [0.2, 0.25) is 0 Å². The molecule has 0 aliphatic heterocycles. The van der Waals surface area contributed by atoms with Crippen molar-refractivity contribution >= 4 is 5.69 Å². The highest BCUT2D eigenvalue weighted by molar-refractivity contribution is 5.46. The maximum atomic E-state index is 6.28. The smallest absolute Gasteiger partial charge is 0.0361 e. The van der Waals surface area contributed by atoms with Crippen molar-refractivity contribution in [1.82, 2.24) is 0 Å². The standard InChI is InChI=1S/C18H24N2/c1-14-5-4-6-16(11-14)13-17(19)12-15-7-9-18(10-8-15)20(2)3/h4-11,17H,12-13,19H2,1-3H3. The highest BCUT2D eigenvalue weighted by Crippen LogP contribution is 2.14. The van der Waals surface area contributed by atoms with Crippen molar-refractivity contribution in [2.75, 3.05) is 19.0 Å². The summed E-state index contributed by atoms with van der Waals surface area (Å²) in [5.74, 6) is 0. The summed E-state index contributed by atoms with van der Waals surface area (Å²) in [4.78, 5) is 2.11. The van der Waals surface area contributed by atoms with Gasteiger partial charge in [-0.1, -0.05) is 42.0 Å². The fraction of sp³-hybridized carbons (Fsp3) is 0.333. The molecule has 0 bridgehead atoms. The minimum absolute atomic E-state index is 0.169. The summed E-state index contributed by atoms with van der Waals surface area (Å²) >= 11 is 0. The Labute approximate surface area is 122 Å². The molecule has 0 aromatic heterocycles. The quantitative estimate of drug-likeness (QED) is 0.902. The molecule has 1 unspecified atom stereocenters. The van der Waals surface area contributed by atoms with Gasteiger partial charge in [0.05, 0.1) is 0 Å². The topological polar surface area (TPSA) is 29.3 Å². The first-order chi connectivity index (χ1) is 9.54. The fourth-order valence-electron chi connectivity index (χ4n) is 2.45. The first-order valence-corrected chi connectivity index (χ1v) is 7.12. The zero-order valence-electron chi connectivity index (χ0n) is 12.6. The number of rotatable bonds is 5. The first-order valence-electron chi connectivity index (χ1n) is 7.12. The van der Waals surface area contributed by atoms with Crippen LogP contribution in [0.25, 0.3) is 0 Å². The average Bonchev–Trinajstić information content (AvgIpc) is 2.39. The Kier molecular flexibility index (Phi) is 4.80. The maximum absolute atomic E-state index is 6.28. The Hall–Kier alpha value is -1.80. The fourth-order valence-corrected chi connectivity index (χ4v) is 2.45. The number of nitrogens with two attached hydrogens (primary N) is 1. The number of anilines is 1. The van der Waals surface area contributed by atoms with Gasteiger partial charge in [0.1, 0.15) is 0 Å². The van der Waals surface area contributed by atoms with E-state index in [-0.39, 0.29) is 6.04 Å². The Morgan fingerprint density at radius 1 is 0.950 bits per heavy atom. The van der Waals surface area contributed by atoms with Gasteiger partial charge >= 0.3 is 0 Å². The van der Waals surface area contributed by atoms with Crippen LogP contribution in [-0.2, 0) is 12.8 Å². The molecular weight excluding hydrogens is 244 g/mol. The number of hydrogen-bond acceptors (Lipinski definition) is 2. The van der Waals surface area contributed by atoms with E-state index < -0.39 is 0 Å². The Morgan fingerprint density at radius 3 is 2.20 bits per heavy atom. The van der Waals surface area contributed by atoms with Crippen LogP contribution in [0, 0.1) is 6.92 Å². The van der Waals surface area contributed by atoms with Gasteiger partial charge in [-0.05, 0) is 43.0 Å². The summed E-state index contributed by atoms with van der Waals surface area (Å²) in [5, 5.41) is 0. The lowest BCUT2D eigenvalue weighted by molar-refractivity contribution is 0.664. The van der Waals surface area contributed by atoms with Crippen LogP contribution < -0.4 is 10.6 Å². The molecular formula is C18H24N2. The Balaban J connectivity index is 1.95. The molecule has 106 valence electrons. The maximum Gasteiger partial charge on any atom is 0.0361 e. The Bertz CT molecular complexity index is 544. The third-order valence-corrected chi connectivity index (χ3v) is 3.53. The third-order valence-electron chi connectivity index (χ3n) is 3.53.